The van der Waals surface area contributed by atoms with Gasteiger partial charge in [-0.25, -0.2) is 4.98 Å². The Morgan fingerprint density at radius 1 is 1.39 bits per heavy atom. The van der Waals surface area contributed by atoms with Crippen LogP contribution in [0.15, 0.2) is 35.8 Å². The molecule has 0 unspecified atom stereocenters. The molecule has 2 amide bonds. The summed E-state index contributed by atoms with van der Waals surface area (Å²) < 4.78 is 0. The van der Waals surface area contributed by atoms with Crippen molar-refractivity contribution in [1.82, 2.24) is 9.88 Å². The molecule has 5 nitrogen and oxygen atoms in total. The Morgan fingerprint density at radius 2 is 2.17 bits per heavy atom. The quantitative estimate of drug-likeness (QED) is 0.916. The molecule has 1 atom stereocenters. The van der Waals surface area contributed by atoms with Crippen LogP contribution in [-0.4, -0.2) is 27.7 Å². The second-order valence-corrected chi connectivity index (χ2v) is 6.96. The van der Waals surface area contributed by atoms with E-state index in [-0.39, 0.29) is 11.8 Å². The number of carbonyl (C=O) groups is 2. The van der Waals surface area contributed by atoms with Gasteiger partial charge in [0.2, 0.25) is 5.91 Å². The molecule has 1 aliphatic heterocycles. The molecule has 0 saturated heterocycles. The van der Waals surface area contributed by atoms with Crippen molar-refractivity contribution in [1.29, 1.82) is 0 Å². The standard InChI is InChI=1S/C17H19N3O2S/c1-11(2)9-14(15(21)19-17-18-7-8-23-17)20-10-12-5-3-4-6-13(12)16(20)22/h3-8,11,14H,9-10H2,1-2H3,(H,18,19,21)/t14-/m1/s1. The monoisotopic (exact) mass is 329 g/mol. The zero-order chi connectivity index (χ0) is 16.4. The van der Waals surface area contributed by atoms with Crippen molar-refractivity contribution in [2.45, 2.75) is 32.9 Å². The van der Waals surface area contributed by atoms with Crippen LogP contribution in [0.2, 0.25) is 0 Å². The molecule has 1 aromatic carbocycles. The number of aromatic nitrogens is 1. The molecular formula is C17H19N3O2S. The minimum atomic E-state index is -0.487. The summed E-state index contributed by atoms with van der Waals surface area (Å²) in [7, 11) is 0. The highest BCUT2D eigenvalue weighted by Crippen LogP contribution is 2.27. The Balaban J connectivity index is 1.82. The van der Waals surface area contributed by atoms with Gasteiger partial charge in [-0.05, 0) is 24.0 Å². The number of fused-ring (bicyclic) bond motifs is 1. The maximum absolute atomic E-state index is 12.7. The van der Waals surface area contributed by atoms with Crippen molar-refractivity contribution in [2.24, 2.45) is 5.92 Å². The van der Waals surface area contributed by atoms with E-state index < -0.39 is 6.04 Å². The minimum Gasteiger partial charge on any atom is -0.322 e. The molecule has 0 fully saturated rings. The van der Waals surface area contributed by atoms with Crippen LogP contribution in [0.25, 0.3) is 0 Å². The molecule has 1 aliphatic rings. The fourth-order valence-corrected chi connectivity index (χ4v) is 3.36. The minimum absolute atomic E-state index is 0.0689. The summed E-state index contributed by atoms with van der Waals surface area (Å²) in [5.41, 5.74) is 1.68. The average molecular weight is 329 g/mol. The Bertz CT molecular complexity index is 712. The fourth-order valence-electron chi connectivity index (χ4n) is 2.82. The molecule has 0 saturated carbocycles. The van der Waals surface area contributed by atoms with Crippen molar-refractivity contribution in [2.75, 3.05) is 5.32 Å². The van der Waals surface area contributed by atoms with E-state index in [1.165, 1.54) is 11.3 Å². The number of benzene rings is 1. The lowest BCUT2D eigenvalue weighted by atomic mass is 10.0. The van der Waals surface area contributed by atoms with Crippen LogP contribution in [-0.2, 0) is 11.3 Å². The van der Waals surface area contributed by atoms with E-state index in [0.29, 0.717) is 29.6 Å². The van der Waals surface area contributed by atoms with Crippen LogP contribution < -0.4 is 5.32 Å². The van der Waals surface area contributed by atoms with Gasteiger partial charge in [0.15, 0.2) is 5.13 Å². The Hall–Kier alpha value is -2.21. The van der Waals surface area contributed by atoms with Crippen LogP contribution in [0.3, 0.4) is 0 Å². The van der Waals surface area contributed by atoms with E-state index in [0.717, 1.165) is 5.56 Å². The molecule has 1 N–H and O–H groups in total. The summed E-state index contributed by atoms with van der Waals surface area (Å²) in [4.78, 5) is 31.1. The van der Waals surface area contributed by atoms with E-state index in [2.05, 4.69) is 24.1 Å². The van der Waals surface area contributed by atoms with Gasteiger partial charge in [0.05, 0.1) is 0 Å². The molecule has 3 rings (SSSR count). The van der Waals surface area contributed by atoms with Gasteiger partial charge in [-0.15, -0.1) is 11.3 Å². The normalized spacial score (nSPS) is 14.9. The third-order valence-electron chi connectivity index (χ3n) is 3.89. The number of rotatable bonds is 5. The Morgan fingerprint density at radius 3 is 2.83 bits per heavy atom. The number of carbonyl (C=O) groups excluding carboxylic acids is 2. The predicted octanol–water partition coefficient (Wildman–Crippen LogP) is 3.15. The molecule has 2 aromatic rings. The summed E-state index contributed by atoms with van der Waals surface area (Å²) in [6.07, 6.45) is 2.27. The predicted molar refractivity (Wildman–Crippen MR) is 90.3 cm³/mol. The van der Waals surface area contributed by atoms with Crippen molar-refractivity contribution in [3.8, 4) is 0 Å². The van der Waals surface area contributed by atoms with Gasteiger partial charge in [-0.2, -0.15) is 0 Å². The fraction of sp³-hybridized carbons (Fsp3) is 0.353. The molecule has 6 heteroatoms. The highest BCUT2D eigenvalue weighted by molar-refractivity contribution is 7.13. The smallest absolute Gasteiger partial charge is 0.255 e. The first kappa shape index (κ1) is 15.7. The van der Waals surface area contributed by atoms with Crippen LogP contribution in [0.5, 0.6) is 0 Å². The van der Waals surface area contributed by atoms with E-state index in [1.807, 2.05) is 29.6 Å². The van der Waals surface area contributed by atoms with Crippen LogP contribution in [0.1, 0.15) is 36.2 Å². The van der Waals surface area contributed by atoms with Crippen molar-refractivity contribution in [3.05, 3.63) is 47.0 Å². The third-order valence-corrected chi connectivity index (χ3v) is 4.57. The van der Waals surface area contributed by atoms with Gasteiger partial charge in [0, 0.05) is 23.7 Å². The number of thiazole rings is 1. The van der Waals surface area contributed by atoms with Crippen LogP contribution in [0, 0.1) is 5.92 Å². The molecular weight excluding hydrogens is 310 g/mol. The van der Waals surface area contributed by atoms with E-state index in [9.17, 15) is 9.59 Å². The van der Waals surface area contributed by atoms with Gasteiger partial charge < -0.3 is 10.2 Å². The second-order valence-electron chi connectivity index (χ2n) is 6.06. The number of amides is 2. The first-order chi connectivity index (χ1) is 11.1. The van der Waals surface area contributed by atoms with Crippen molar-refractivity contribution < 1.29 is 9.59 Å². The molecule has 0 aliphatic carbocycles. The summed E-state index contributed by atoms with van der Waals surface area (Å²) in [6.45, 7) is 4.59. The molecule has 120 valence electrons. The first-order valence-electron chi connectivity index (χ1n) is 7.65. The summed E-state index contributed by atoms with van der Waals surface area (Å²) >= 11 is 1.37. The lowest BCUT2D eigenvalue weighted by molar-refractivity contribution is -0.121. The molecule has 23 heavy (non-hydrogen) atoms. The van der Waals surface area contributed by atoms with E-state index in [4.69, 9.17) is 0 Å². The number of anilines is 1. The van der Waals surface area contributed by atoms with E-state index in [1.54, 1.807) is 11.1 Å². The first-order valence-corrected chi connectivity index (χ1v) is 8.53. The largest absolute Gasteiger partial charge is 0.322 e. The zero-order valence-corrected chi connectivity index (χ0v) is 14.0. The second kappa shape index (κ2) is 6.50. The average Bonchev–Trinajstić information content (AvgIpc) is 3.13. The molecule has 1 aromatic heterocycles. The number of hydrogen-bond acceptors (Lipinski definition) is 4. The van der Waals surface area contributed by atoms with Crippen LogP contribution in [0.4, 0.5) is 5.13 Å². The maximum atomic E-state index is 12.7. The van der Waals surface area contributed by atoms with Crippen molar-refractivity contribution >= 4 is 28.3 Å². The summed E-state index contributed by atoms with van der Waals surface area (Å²) in [6, 6.07) is 7.05. The Labute approximate surface area is 139 Å². The number of nitrogens with zero attached hydrogens (tertiary/aromatic N) is 2. The highest BCUT2D eigenvalue weighted by Gasteiger charge is 2.36. The van der Waals surface area contributed by atoms with Gasteiger partial charge in [0.1, 0.15) is 6.04 Å². The Kier molecular flexibility index (Phi) is 4.43. The zero-order valence-electron chi connectivity index (χ0n) is 13.2. The number of nitrogens with one attached hydrogen (secondary N) is 1. The van der Waals surface area contributed by atoms with Gasteiger partial charge >= 0.3 is 0 Å². The lowest BCUT2D eigenvalue weighted by Crippen LogP contribution is -2.45. The topological polar surface area (TPSA) is 62.3 Å². The number of hydrogen-bond donors (Lipinski definition) is 1. The molecule has 0 spiro atoms. The summed E-state index contributed by atoms with van der Waals surface area (Å²) in [5, 5.41) is 5.20. The highest BCUT2D eigenvalue weighted by atomic mass is 32.1. The molecule has 0 radical (unpaired) electrons. The molecule has 0 bridgehead atoms. The third kappa shape index (κ3) is 3.27. The SMILES string of the molecule is CC(C)C[C@H](C(=O)Nc1nccs1)N1Cc2ccccc2C1=O. The summed E-state index contributed by atoms with van der Waals surface area (Å²) in [5.74, 6) is 0.0638. The van der Waals surface area contributed by atoms with Gasteiger partial charge in [-0.1, -0.05) is 32.0 Å². The van der Waals surface area contributed by atoms with Gasteiger partial charge in [0.25, 0.3) is 5.91 Å². The lowest BCUT2D eigenvalue weighted by Gasteiger charge is -2.27. The van der Waals surface area contributed by atoms with Gasteiger partial charge in [-0.3, -0.25) is 9.59 Å². The van der Waals surface area contributed by atoms with Crippen molar-refractivity contribution in [3.63, 3.8) is 0 Å². The van der Waals surface area contributed by atoms with E-state index >= 15 is 0 Å². The molecule has 2 heterocycles. The maximum Gasteiger partial charge on any atom is 0.255 e. The van der Waals surface area contributed by atoms with Crippen LogP contribution >= 0.6 is 11.3 Å².